The van der Waals surface area contributed by atoms with Crippen LogP contribution in [0, 0.1) is 5.92 Å². The highest BCUT2D eigenvalue weighted by Gasteiger charge is 2.29. The monoisotopic (exact) mass is 179 g/mol. The van der Waals surface area contributed by atoms with Crippen molar-refractivity contribution in [3.05, 3.63) is 0 Å². The van der Waals surface area contributed by atoms with E-state index in [1.54, 1.807) is 0 Å². The van der Waals surface area contributed by atoms with Crippen LogP contribution in [0.4, 0.5) is 0 Å². The summed E-state index contributed by atoms with van der Waals surface area (Å²) in [6.07, 6.45) is 0.911. The van der Waals surface area contributed by atoms with Crippen LogP contribution in [0.2, 0.25) is 0 Å². The van der Waals surface area contributed by atoms with Gasteiger partial charge in [0.25, 0.3) is 0 Å². The Bertz CT molecular complexity index is 140. The van der Waals surface area contributed by atoms with Crippen molar-refractivity contribution in [3.8, 4) is 0 Å². The first-order valence-electron chi connectivity index (χ1n) is 3.57. The third-order valence-electron chi connectivity index (χ3n) is 2.03. The average molecular weight is 180 g/mol. The SMILES string of the molecule is COC(=O)[C@@H]1CCN[C@@H]1C.Cl. The van der Waals surface area contributed by atoms with Crippen LogP contribution in [0.5, 0.6) is 0 Å². The highest BCUT2D eigenvalue weighted by Crippen LogP contribution is 2.15. The van der Waals surface area contributed by atoms with Gasteiger partial charge < -0.3 is 10.1 Å². The van der Waals surface area contributed by atoms with Crippen molar-refractivity contribution in [3.63, 3.8) is 0 Å². The molecule has 0 aromatic carbocycles. The van der Waals surface area contributed by atoms with Crippen molar-refractivity contribution < 1.29 is 9.53 Å². The third kappa shape index (κ3) is 2.34. The first-order chi connectivity index (χ1) is 4.75. The van der Waals surface area contributed by atoms with Crippen molar-refractivity contribution >= 4 is 18.4 Å². The van der Waals surface area contributed by atoms with E-state index in [0.717, 1.165) is 13.0 Å². The zero-order chi connectivity index (χ0) is 7.56. The molecule has 0 spiro atoms. The van der Waals surface area contributed by atoms with Gasteiger partial charge in [0, 0.05) is 6.04 Å². The largest absolute Gasteiger partial charge is 0.469 e. The zero-order valence-electron chi connectivity index (χ0n) is 6.79. The molecule has 1 heterocycles. The van der Waals surface area contributed by atoms with Crippen LogP contribution >= 0.6 is 12.4 Å². The molecule has 0 amide bonds. The van der Waals surface area contributed by atoms with Gasteiger partial charge in [-0.25, -0.2) is 0 Å². The van der Waals surface area contributed by atoms with Crippen LogP contribution in [0.15, 0.2) is 0 Å². The minimum absolute atomic E-state index is 0. The topological polar surface area (TPSA) is 38.3 Å². The fraction of sp³-hybridized carbons (Fsp3) is 0.857. The lowest BCUT2D eigenvalue weighted by molar-refractivity contribution is -0.145. The molecule has 0 bridgehead atoms. The van der Waals surface area contributed by atoms with E-state index in [2.05, 4.69) is 10.1 Å². The summed E-state index contributed by atoms with van der Waals surface area (Å²) >= 11 is 0. The molecule has 3 nitrogen and oxygen atoms in total. The Balaban J connectivity index is 0.000001000. The van der Waals surface area contributed by atoms with E-state index < -0.39 is 0 Å². The van der Waals surface area contributed by atoms with Gasteiger partial charge in [-0.3, -0.25) is 4.79 Å². The smallest absolute Gasteiger partial charge is 0.310 e. The van der Waals surface area contributed by atoms with E-state index in [4.69, 9.17) is 0 Å². The second kappa shape index (κ2) is 4.57. The van der Waals surface area contributed by atoms with Gasteiger partial charge in [0.15, 0.2) is 0 Å². The molecular weight excluding hydrogens is 166 g/mol. The van der Waals surface area contributed by atoms with Crippen molar-refractivity contribution in [1.82, 2.24) is 5.32 Å². The van der Waals surface area contributed by atoms with Crippen molar-refractivity contribution in [2.24, 2.45) is 5.92 Å². The summed E-state index contributed by atoms with van der Waals surface area (Å²) in [5, 5.41) is 3.18. The number of carbonyl (C=O) groups is 1. The van der Waals surface area contributed by atoms with E-state index in [1.165, 1.54) is 7.11 Å². The molecule has 0 saturated carbocycles. The molecule has 1 aliphatic heterocycles. The van der Waals surface area contributed by atoms with Gasteiger partial charge in [0.1, 0.15) is 0 Å². The Morgan fingerprint density at radius 2 is 2.27 bits per heavy atom. The van der Waals surface area contributed by atoms with Gasteiger partial charge in [0.05, 0.1) is 13.0 Å². The van der Waals surface area contributed by atoms with Crippen molar-refractivity contribution in [2.45, 2.75) is 19.4 Å². The minimum Gasteiger partial charge on any atom is -0.469 e. The van der Waals surface area contributed by atoms with Crippen LogP contribution in [0.25, 0.3) is 0 Å². The van der Waals surface area contributed by atoms with E-state index in [-0.39, 0.29) is 30.3 Å². The second-order valence-electron chi connectivity index (χ2n) is 2.66. The van der Waals surface area contributed by atoms with Crippen LogP contribution in [-0.2, 0) is 9.53 Å². The zero-order valence-corrected chi connectivity index (χ0v) is 7.61. The standard InChI is InChI=1S/C7H13NO2.ClH/c1-5-6(3-4-8-5)7(9)10-2;/h5-6,8H,3-4H2,1-2H3;1H/t5-,6-;/m1./s1. The van der Waals surface area contributed by atoms with Gasteiger partial charge in [-0.05, 0) is 19.9 Å². The number of hydrogen-bond acceptors (Lipinski definition) is 3. The highest BCUT2D eigenvalue weighted by molar-refractivity contribution is 5.85. The summed E-state index contributed by atoms with van der Waals surface area (Å²) in [5.74, 6) is -0.0116. The lowest BCUT2D eigenvalue weighted by Crippen LogP contribution is -2.28. The number of esters is 1. The fourth-order valence-electron chi connectivity index (χ4n) is 1.33. The summed E-state index contributed by atoms with van der Waals surface area (Å²) in [6.45, 7) is 2.94. The molecular formula is C7H14ClNO2. The van der Waals surface area contributed by atoms with E-state index >= 15 is 0 Å². The molecule has 1 N–H and O–H groups in total. The van der Waals surface area contributed by atoms with E-state index in [1.807, 2.05) is 6.92 Å². The summed E-state index contributed by atoms with van der Waals surface area (Å²) in [7, 11) is 1.44. The normalized spacial score (nSPS) is 29.3. The van der Waals surface area contributed by atoms with Crippen molar-refractivity contribution in [1.29, 1.82) is 0 Å². The molecule has 0 unspecified atom stereocenters. The molecule has 66 valence electrons. The molecule has 1 saturated heterocycles. The van der Waals surface area contributed by atoms with Gasteiger partial charge in [-0.2, -0.15) is 0 Å². The number of carbonyl (C=O) groups excluding carboxylic acids is 1. The molecule has 11 heavy (non-hydrogen) atoms. The Hall–Kier alpha value is -0.280. The molecule has 0 radical (unpaired) electrons. The fourth-order valence-corrected chi connectivity index (χ4v) is 1.33. The maximum atomic E-state index is 11.0. The van der Waals surface area contributed by atoms with Crippen LogP contribution in [0.3, 0.4) is 0 Å². The number of hydrogen-bond donors (Lipinski definition) is 1. The molecule has 1 rings (SSSR count). The maximum Gasteiger partial charge on any atom is 0.310 e. The molecule has 0 aromatic rings. The van der Waals surface area contributed by atoms with Crippen LogP contribution < -0.4 is 5.32 Å². The Morgan fingerprint density at radius 3 is 2.64 bits per heavy atom. The number of nitrogens with one attached hydrogen (secondary N) is 1. The molecule has 0 aromatic heterocycles. The van der Waals surface area contributed by atoms with Crippen molar-refractivity contribution in [2.75, 3.05) is 13.7 Å². The lowest BCUT2D eigenvalue weighted by Gasteiger charge is -2.10. The second-order valence-corrected chi connectivity index (χ2v) is 2.66. The first kappa shape index (κ1) is 10.7. The third-order valence-corrected chi connectivity index (χ3v) is 2.03. The van der Waals surface area contributed by atoms with Gasteiger partial charge in [-0.1, -0.05) is 0 Å². The summed E-state index contributed by atoms with van der Waals surface area (Å²) in [5.41, 5.74) is 0. The predicted molar refractivity (Wildman–Crippen MR) is 44.8 cm³/mol. The number of methoxy groups -OCH3 is 1. The summed E-state index contributed by atoms with van der Waals surface area (Å²) < 4.78 is 4.63. The predicted octanol–water partition coefficient (Wildman–Crippen LogP) is 0.579. The van der Waals surface area contributed by atoms with Gasteiger partial charge in [0.2, 0.25) is 0 Å². The molecule has 4 heteroatoms. The van der Waals surface area contributed by atoms with Gasteiger partial charge in [-0.15, -0.1) is 12.4 Å². The molecule has 0 aliphatic carbocycles. The van der Waals surface area contributed by atoms with Gasteiger partial charge >= 0.3 is 5.97 Å². The van der Waals surface area contributed by atoms with E-state index in [0.29, 0.717) is 0 Å². The lowest BCUT2D eigenvalue weighted by atomic mass is 10.0. The average Bonchev–Trinajstić information content (AvgIpc) is 2.34. The molecule has 2 atom stereocenters. The Kier molecular flexibility index (Phi) is 4.45. The Labute approximate surface area is 72.9 Å². The van der Waals surface area contributed by atoms with Crippen LogP contribution in [0.1, 0.15) is 13.3 Å². The number of ether oxygens (including phenoxy) is 1. The minimum atomic E-state index is -0.0856. The first-order valence-corrected chi connectivity index (χ1v) is 3.57. The van der Waals surface area contributed by atoms with Crippen LogP contribution in [-0.4, -0.2) is 25.7 Å². The summed E-state index contributed by atoms with van der Waals surface area (Å²) in [4.78, 5) is 11.0. The highest BCUT2D eigenvalue weighted by atomic mass is 35.5. The summed E-state index contributed by atoms with van der Waals surface area (Å²) in [6, 6.07) is 0.285. The van der Waals surface area contributed by atoms with E-state index in [9.17, 15) is 4.79 Å². The Morgan fingerprint density at radius 1 is 1.64 bits per heavy atom. The molecule has 1 fully saturated rings. The maximum absolute atomic E-state index is 11.0. The quantitative estimate of drug-likeness (QED) is 0.599. The number of halogens is 1. The molecule has 1 aliphatic rings. The number of rotatable bonds is 1.